The van der Waals surface area contributed by atoms with Crippen LogP contribution in [0.3, 0.4) is 0 Å². The van der Waals surface area contributed by atoms with Crippen LogP contribution >= 0.6 is 0 Å². The first-order valence-corrected chi connectivity index (χ1v) is 4.58. The highest BCUT2D eigenvalue weighted by atomic mass is 16.4. The van der Waals surface area contributed by atoms with Gasteiger partial charge in [0.05, 0.1) is 5.92 Å². The highest BCUT2D eigenvalue weighted by molar-refractivity contribution is 5.84. The first-order valence-electron chi connectivity index (χ1n) is 4.58. The molecule has 80 valence electrons. The highest BCUT2D eigenvalue weighted by Crippen LogP contribution is 2.24. The average molecular weight is 200 g/mol. The third kappa shape index (κ3) is 3.28. The summed E-state index contributed by atoms with van der Waals surface area (Å²) in [5.74, 6) is -2.69. The summed E-state index contributed by atoms with van der Waals surface area (Å²) in [4.78, 5) is 32.2. The minimum absolute atomic E-state index is 0.172. The molecule has 0 rings (SSSR count). The van der Waals surface area contributed by atoms with Crippen LogP contribution in [0.1, 0.15) is 27.2 Å². The van der Waals surface area contributed by atoms with Gasteiger partial charge in [-0.2, -0.15) is 0 Å². The van der Waals surface area contributed by atoms with Gasteiger partial charge in [-0.1, -0.05) is 13.8 Å². The van der Waals surface area contributed by atoms with Crippen molar-refractivity contribution >= 4 is 18.0 Å². The Labute approximate surface area is 83.3 Å². The van der Waals surface area contributed by atoms with Crippen molar-refractivity contribution in [3.8, 4) is 0 Å². The van der Waals surface area contributed by atoms with E-state index >= 15 is 0 Å². The van der Waals surface area contributed by atoms with Crippen LogP contribution in [0.2, 0.25) is 0 Å². The molecule has 0 spiro atoms. The molecule has 0 saturated heterocycles. The number of carbonyl (C=O) groups excluding carboxylic acids is 2. The topological polar surface area (TPSA) is 71.4 Å². The van der Waals surface area contributed by atoms with E-state index in [4.69, 9.17) is 5.11 Å². The van der Waals surface area contributed by atoms with Crippen LogP contribution in [0.4, 0.5) is 0 Å². The van der Waals surface area contributed by atoms with Crippen LogP contribution in [-0.4, -0.2) is 23.1 Å². The molecule has 0 aromatic carbocycles. The van der Waals surface area contributed by atoms with Crippen LogP contribution in [0, 0.1) is 17.8 Å². The largest absolute Gasteiger partial charge is 0.481 e. The number of ketones is 1. The minimum atomic E-state index is -0.997. The molecule has 0 heterocycles. The second-order valence-corrected chi connectivity index (χ2v) is 3.64. The van der Waals surface area contributed by atoms with Crippen LogP contribution < -0.4 is 0 Å². The number of rotatable bonds is 6. The van der Waals surface area contributed by atoms with E-state index < -0.39 is 17.8 Å². The maximum absolute atomic E-state index is 11.2. The van der Waals surface area contributed by atoms with Gasteiger partial charge in [-0.05, 0) is 12.8 Å². The second-order valence-electron chi connectivity index (χ2n) is 3.64. The lowest BCUT2D eigenvalue weighted by molar-refractivity contribution is -0.147. The number of carboxylic acids is 1. The molecule has 0 radical (unpaired) electrons. The lowest BCUT2D eigenvalue weighted by atomic mass is 9.79. The fourth-order valence-corrected chi connectivity index (χ4v) is 1.70. The molecule has 0 aromatic rings. The van der Waals surface area contributed by atoms with Crippen LogP contribution in [0.5, 0.6) is 0 Å². The maximum Gasteiger partial charge on any atom is 0.306 e. The van der Waals surface area contributed by atoms with E-state index in [1.165, 1.54) is 13.8 Å². The van der Waals surface area contributed by atoms with Gasteiger partial charge in [0.1, 0.15) is 12.1 Å². The van der Waals surface area contributed by atoms with Crippen molar-refractivity contribution in [2.75, 3.05) is 0 Å². The van der Waals surface area contributed by atoms with Crippen molar-refractivity contribution in [1.82, 2.24) is 0 Å². The molecule has 3 atom stereocenters. The summed E-state index contributed by atoms with van der Waals surface area (Å²) in [6.07, 6.45) is 0.942. The number of carbonyl (C=O) groups is 3. The van der Waals surface area contributed by atoms with E-state index in [9.17, 15) is 14.4 Å². The van der Waals surface area contributed by atoms with Crippen LogP contribution in [-0.2, 0) is 14.4 Å². The fourth-order valence-electron chi connectivity index (χ4n) is 1.70. The van der Waals surface area contributed by atoms with E-state index in [1.807, 2.05) is 0 Å². The van der Waals surface area contributed by atoms with Crippen molar-refractivity contribution in [3.63, 3.8) is 0 Å². The molecule has 4 heteroatoms. The lowest BCUT2D eigenvalue weighted by Gasteiger charge is -2.23. The van der Waals surface area contributed by atoms with Crippen molar-refractivity contribution in [2.24, 2.45) is 17.8 Å². The lowest BCUT2D eigenvalue weighted by Crippen LogP contribution is -2.31. The van der Waals surface area contributed by atoms with Crippen molar-refractivity contribution < 1.29 is 19.5 Å². The van der Waals surface area contributed by atoms with Gasteiger partial charge in [-0.3, -0.25) is 9.59 Å². The molecule has 0 aliphatic rings. The third-order valence-electron chi connectivity index (χ3n) is 2.48. The summed E-state index contributed by atoms with van der Waals surface area (Å²) >= 11 is 0. The van der Waals surface area contributed by atoms with Gasteiger partial charge in [0, 0.05) is 12.3 Å². The Hall–Kier alpha value is -1.19. The fraction of sp³-hybridized carbons (Fsp3) is 0.700. The monoisotopic (exact) mass is 200 g/mol. The van der Waals surface area contributed by atoms with Crippen molar-refractivity contribution in [1.29, 1.82) is 0 Å². The zero-order valence-corrected chi connectivity index (χ0v) is 8.69. The van der Waals surface area contributed by atoms with E-state index in [2.05, 4.69) is 0 Å². The van der Waals surface area contributed by atoms with Gasteiger partial charge in [0.25, 0.3) is 0 Å². The molecule has 3 unspecified atom stereocenters. The summed E-state index contributed by atoms with van der Waals surface area (Å²) in [5, 5.41) is 8.78. The van der Waals surface area contributed by atoms with Gasteiger partial charge in [0.2, 0.25) is 0 Å². The van der Waals surface area contributed by atoms with Gasteiger partial charge in [-0.25, -0.2) is 0 Å². The number of aldehydes is 1. The Morgan fingerprint density at radius 1 is 1.36 bits per heavy atom. The minimum Gasteiger partial charge on any atom is -0.481 e. The molecule has 4 nitrogen and oxygen atoms in total. The number of carboxylic acid groups (broad SMARTS) is 1. The number of hydrogen-bond donors (Lipinski definition) is 1. The Morgan fingerprint density at radius 3 is 2.14 bits per heavy atom. The molecule has 0 aliphatic heterocycles. The van der Waals surface area contributed by atoms with E-state index in [0.717, 1.165) is 6.29 Å². The van der Waals surface area contributed by atoms with Crippen molar-refractivity contribution in [2.45, 2.75) is 27.2 Å². The normalized spacial score (nSPS) is 16.8. The summed E-state index contributed by atoms with van der Waals surface area (Å²) in [7, 11) is 0. The van der Waals surface area contributed by atoms with E-state index in [-0.39, 0.29) is 18.1 Å². The predicted octanol–water partition coefficient (Wildman–Crippen LogP) is 1.14. The summed E-state index contributed by atoms with van der Waals surface area (Å²) in [6.45, 7) is 4.58. The van der Waals surface area contributed by atoms with E-state index in [1.54, 1.807) is 6.92 Å². The van der Waals surface area contributed by atoms with Crippen LogP contribution in [0.15, 0.2) is 0 Å². The molecule has 0 aromatic heterocycles. The molecule has 0 fully saturated rings. The summed E-state index contributed by atoms with van der Waals surface area (Å²) in [6, 6.07) is 0. The number of Topliss-reactive ketones (excluding diaryl/α,β-unsaturated/α-hetero) is 1. The van der Waals surface area contributed by atoms with Crippen LogP contribution in [0.25, 0.3) is 0 Å². The Kier molecular flexibility index (Phi) is 5.05. The maximum atomic E-state index is 11.2. The molecule has 14 heavy (non-hydrogen) atoms. The third-order valence-corrected chi connectivity index (χ3v) is 2.48. The Balaban J connectivity index is 4.66. The molecule has 0 saturated carbocycles. The van der Waals surface area contributed by atoms with E-state index in [0.29, 0.717) is 0 Å². The predicted molar refractivity (Wildman–Crippen MR) is 50.8 cm³/mol. The zero-order chi connectivity index (χ0) is 11.3. The standard InChI is InChI=1S/C10H16O4/c1-6(4-5-11)9(8(3)12)7(2)10(13)14/h5-7,9H,4H2,1-3H3,(H,13,14). The molecular formula is C10H16O4. The summed E-state index contributed by atoms with van der Waals surface area (Å²) < 4.78 is 0. The molecular weight excluding hydrogens is 184 g/mol. The molecule has 0 bridgehead atoms. The van der Waals surface area contributed by atoms with Gasteiger partial charge in [0.15, 0.2) is 0 Å². The Morgan fingerprint density at radius 2 is 1.86 bits per heavy atom. The van der Waals surface area contributed by atoms with Crippen molar-refractivity contribution in [3.05, 3.63) is 0 Å². The number of hydrogen-bond acceptors (Lipinski definition) is 3. The van der Waals surface area contributed by atoms with Gasteiger partial charge < -0.3 is 9.90 Å². The average Bonchev–Trinajstić information content (AvgIpc) is 2.03. The molecule has 0 aliphatic carbocycles. The highest BCUT2D eigenvalue weighted by Gasteiger charge is 2.31. The quantitative estimate of drug-likeness (QED) is 0.652. The summed E-state index contributed by atoms with van der Waals surface area (Å²) in [5.41, 5.74) is 0. The first kappa shape index (κ1) is 12.8. The molecule has 1 N–H and O–H groups in total. The smallest absolute Gasteiger partial charge is 0.306 e. The number of aliphatic carboxylic acids is 1. The SMILES string of the molecule is CC(=O)C(C(C)CC=O)C(C)C(=O)O. The zero-order valence-electron chi connectivity index (χ0n) is 8.69. The molecule has 0 amide bonds. The van der Waals surface area contributed by atoms with Gasteiger partial charge in [-0.15, -0.1) is 0 Å². The van der Waals surface area contributed by atoms with Gasteiger partial charge >= 0.3 is 5.97 Å². The second kappa shape index (κ2) is 5.52. The Bertz CT molecular complexity index is 234. The first-order chi connectivity index (χ1) is 6.41.